The molecular weight excluding hydrogens is 196 g/mol. The predicted molar refractivity (Wildman–Crippen MR) is 60.8 cm³/mol. The van der Waals surface area contributed by atoms with Crippen LogP contribution in [0.2, 0.25) is 0 Å². The maximum absolute atomic E-state index is 3.36. The van der Waals surface area contributed by atoms with Crippen LogP contribution in [0.5, 0.6) is 0 Å². The van der Waals surface area contributed by atoms with E-state index in [4.69, 9.17) is 0 Å². The van der Waals surface area contributed by atoms with Crippen LogP contribution >= 0.6 is 12.4 Å². The summed E-state index contributed by atoms with van der Waals surface area (Å²) < 4.78 is 0. The second kappa shape index (κ2) is 4.21. The summed E-state index contributed by atoms with van der Waals surface area (Å²) in [6, 6.07) is 0.866. The van der Waals surface area contributed by atoms with E-state index in [1.165, 1.54) is 39.0 Å². The third kappa shape index (κ3) is 1.71. The standard InChI is InChI=1S/C11H18N2.ClH/c1-2-4-10-8-13(7-9(10)3-1)11-5-12-6-11;/h1-2,9-12H,3-8H2;1H. The summed E-state index contributed by atoms with van der Waals surface area (Å²) in [4.78, 5) is 2.71. The zero-order chi connectivity index (χ0) is 8.67. The third-order valence-corrected chi connectivity index (χ3v) is 3.93. The van der Waals surface area contributed by atoms with E-state index in [-0.39, 0.29) is 12.4 Å². The number of allylic oxidation sites excluding steroid dienone is 2. The van der Waals surface area contributed by atoms with Gasteiger partial charge in [0.2, 0.25) is 0 Å². The molecule has 0 bridgehead atoms. The van der Waals surface area contributed by atoms with Crippen molar-refractivity contribution < 1.29 is 0 Å². The molecule has 80 valence electrons. The number of likely N-dealkylation sites (tertiary alicyclic amines) is 1. The average Bonchev–Trinajstić information content (AvgIpc) is 2.43. The van der Waals surface area contributed by atoms with Gasteiger partial charge in [-0.3, -0.25) is 4.90 Å². The fraction of sp³-hybridized carbons (Fsp3) is 0.818. The highest BCUT2D eigenvalue weighted by molar-refractivity contribution is 5.85. The SMILES string of the molecule is C1=CCC2CN(C3CNC3)CC2C1.Cl. The predicted octanol–water partition coefficient (Wildman–Crippen LogP) is 1.28. The molecule has 0 amide bonds. The molecule has 2 aliphatic heterocycles. The van der Waals surface area contributed by atoms with Crippen molar-refractivity contribution in [1.82, 2.24) is 10.2 Å². The molecule has 1 N–H and O–H groups in total. The Hall–Kier alpha value is -0.0500. The van der Waals surface area contributed by atoms with Gasteiger partial charge in [-0.2, -0.15) is 0 Å². The quantitative estimate of drug-likeness (QED) is 0.662. The van der Waals surface area contributed by atoms with Crippen LogP contribution in [0.1, 0.15) is 12.8 Å². The van der Waals surface area contributed by atoms with E-state index < -0.39 is 0 Å². The van der Waals surface area contributed by atoms with Gasteiger partial charge in [-0.1, -0.05) is 12.2 Å². The van der Waals surface area contributed by atoms with E-state index in [2.05, 4.69) is 22.4 Å². The summed E-state index contributed by atoms with van der Waals surface area (Å²) in [5, 5.41) is 3.36. The summed E-state index contributed by atoms with van der Waals surface area (Å²) >= 11 is 0. The fourth-order valence-electron chi connectivity index (χ4n) is 2.88. The highest BCUT2D eigenvalue weighted by Crippen LogP contribution is 2.33. The molecule has 2 nitrogen and oxygen atoms in total. The van der Waals surface area contributed by atoms with Gasteiger partial charge < -0.3 is 5.32 Å². The highest BCUT2D eigenvalue weighted by Gasteiger charge is 2.37. The van der Waals surface area contributed by atoms with E-state index in [0.29, 0.717) is 0 Å². The zero-order valence-electron chi connectivity index (χ0n) is 8.48. The van der Waals surface area contributed by atoms with Crippen LogP contribution in [0.25, 0.3) is 0 Å². The first kappa shape index (κ1) is 10.5. The number of rotatable bonds is 1. The van der Waals surface area contributed by atoms with Gasteiger partial charge in [-0.15, -0.1) is 12.4 Å². The highest BCUT2D eigenvalue weighted by atomic mass is 35.5. The lowest BCUT2D eigenvalue weighted by molar-refractivity contribution is 0.171. The van der Waals surface area contributed by atoms with Crippen LogP contribution < -0.4 is 5.32 Å². The zero-order valence-corrected chi connectivity index (χ0v) is 9.30. The maximum Gasteiger partial charge on any atom is 0.0345 e. The van der Waals surface area contributed by atoms with Crippen LogP contribution in [-0.4, -0.2) is 37.1 Å². The smallest absolute Gasteiger partial charge is 0.0345 e. The number of nitrogens with one attached hydrogen (secondary N) is 1. The molecule has 3 aliphatic rings. The molecule has 0 aromatic rings. The van der Waals surface area contributed by atoms with Gasteiger partial charge in [0.15, 0.2) is 0 Å². The molecule has 2 unspecified atom stereocenters. The Bertz CT molecular complexity index is 209. The van der Waals surface area contributed by atoms with E-state index in [1.807, 2.05) is 0 Å². The first-order valence-corrected chi connectivity index (χ1v) is 5.53. The minimum atomic E-state index is 0. The Labute approximate surface area is 92.1 Å². The summed E-state index contributed by atoms with van der Waals surface area (Å²) in [5.74, 6) is 1.95. The van der Waals surface area contributed by atoms with Crippen molar-refractivity contribution in [3.63, 3.8) is 0 Å². The topological polar surface area (TPSA) is 15.3 Å². The molecule has 2 heterocycles. The minimum absolute atomic E-state index is 0. The molecule has 0 aromatic heterocycles. The van der Waals surface area contributed by atoms with E-state index >= 15 is 0 Å². The van der Waals surface area contributed by atoms with Crippen molar-refractivity contribution in [3.05, 3.63) is 12.2 Å². The molecule has 3 rings (SSSR count). The van der Waals surface area contributed by atoms with Gasteiger partial charge in [0, 0.05) is 32.2 Å². The Morgan fingerprint density at radius 1 is 1.00 bits per heavy atom. The van der Waals surface area contributed by atoms with Gasteiger partial charge in [-0.25, -0.2) is 0 Å². The minimum Gasteiger partial charge on any atom is -0.314 e. The number of halogens is 1. The van der Waals surface area contributed by atoms with Crippen molar-refractivity contribution in [2.75, 3.05) is 26.2 Å². The molecule has 0 spiro atoms. The van der Waals surface area contributed by atoms with Gasteiger partial charge in [-0.05, 0) is 24.7 Å². The number of hydrogen-bond donors (Lipinski definition) is 1. The van der Waals surface area contributed by atoms with Crippen molar-refractivity contribution in [2.24, 2.45) is 11.8 Å². The van der Waals surface area contributed by atoms with Crippen LogP contribution in [-0.2, 0) is 0 Å². The van der Waals surface area contributed by atoms with Crippen molar-refractivity contribution >= 4 is 12.4 Å². The fourth-order valence-corrected chi connectivity index (χ4v) is 2.88. The second-order valence-electron chi connectivity index (χ2n) is 4.73. The largest absolute Gasteiger partial charge is 0.314 e. The van der Waals surface area contributed by atoms with E-state index in [0.717, 1.165) is 17.9 Å². The molecule has 2 saturated heterocycles. The molecule has 0 radical (unpaired) electrons. The van der Waals surface area contributed by atoms with Crippen LogP contribution in [0.15, 0.2) is 12.2 Å². The van der Waals surface area contributed by atoms with Crippen LogP contribution in [0.4, 0.5) is 0 Å². The van der Waals surface area contributed by atoms with Crippen LogP contribution in [0.3, 0.4) is 0 Å². The first-order valence-electron chi connectivity index (χ1n) is 5.53. The van der Waals surface area contributed by atoms with Crippen molar-refractivity contribution in [2.45, 2.75) is 18.9 Å². The Kier molecular flexibility index (Phi) is 3.15. The molecule has 3 heteroatoms. The van der Waals surface area contributed by atoms with Crippen LogP contribution in [0, 0.1) is 11.8 Å². The van der Waals surface area contributed by atoms with E-state index in [1.54, 1.807) is 0 Å². The monoisotopic (exact) mass is 214 g/mol. The molecule has 0 saturated carbocycles. The lowest BCUT2D eigenvalue weighted by Crippen LogP contribution is -2.56. The van der Waals surface area contributed by atoms with Crippen molar-refractivity contribution in [1.29, 1.82) is 0 Å². The van der Waals surface area contributed by atoms with Crippen molar-refractivity contribution in [3.8, 4) is 0 Å². The summed E-state index contributed by atoms with van der Waals surface area (Å²) in [6.45, 7) is 5.18. The molecule has 14 heavy (non-hydrogen) atoms. The van der Waals surface area contributed by atoms with Gasteiger partial charge in [0.1, 0.15) is 0 Å². The molecular formula is C11H19ClN2. The maximum atomic E-state index is 3.36. The Morgan fingerprint density at radius 2 is 1.57 bits per heavy atom. The normalized spacial score (nSPS) is 37.4. The molecule has 2 atom stereocenters. The lowest BCUT2D eigenvalue weighted by Gasteiger charge is -2.35. The third-order valence-electron chi connectivity index (χ3n) is 3.93. The summed E-state index contributed by atoms with van der Waals surface area (Å²) in [7, 11) is 0. The van der Waals surface area contributed by atoms with Gasteiger partial charge >= 0.3 is 0 Å². The lowest BCUT2D eigenvalue weighted by atomic mass is 9.86. The number of fused-ring (bicyclic) bond motifs is 1. The van der Waals surface area contributed by atoms with Gasteiger partial charge in [0.25, 0.3) is 0 Å². The summed E-state index contributed by atoms with van der Waals surface area (Å²) in [5.41, 5.74) is 0. The van der Waals surface area contributed by atoms with Gasteiger partial charge in [0.05, 0.1) is 0 Å². The average molecular weight is 215 g/mol. The second-order valence-corrected chi connectivity index (χ2v) is 4.73. The Morgan fingerprint density at radius 3 is 2.00 bits per heavy atom. The first-order chi connectivity index (χ1) is 6.43. The number of hydrogen-bond acceptors (Lipinski definition) is 2. The Balaban J connectivity index is 0.000000750. The number of nitrogens with zero attached hydrogens (tertiary/aromatic N) is 1. The molecule has 0 aromatic carbocycles. The molecule has 2 fully saturated rings. The van der Waals surface area contributed by atoms with E-state index in [9.17, 15) is 0 Å². The summed E-state index contributed by atoms with van der Waals surface area (Å²) in [6.07, 6.45) is 7.43. The molecule has 1 aliphatic carbocycles.